The van der Waals surface area contributed by atoms with Crippen LogP contribution in [0.5, 0.6) is 5.75 Å². The van der Waals surface area contributed by atoms with E-state index in [9.17, 15) is 18.7 Å². The highest BCUT2D eigenvalue weighted by Gasteiger charge is 2.34. The van der Waals surface area contributed by atoms with Crippen LogP contribution in [0.1, 0.15) is 41.2 Å². The van der Waals surface area contributed by atoms with Gasteiger partial charge in [-0.15, -0.1) is 0 Å². The average molecular weight is 522 g/mol. The molecule has 2 N–H and O–H groups in total. The van der Waals surface area contributed by atoms with E-state index in [1.165, 1.54) is 6.07 Å². The molecule has 3 aromatic heterocycles. The summed E-state index contributed by atoms with van der Waals surface area (Å²) in [6.07, 6.45) is 3.98. The summed E-state index contributed by atoms with van der Waals surface area (Å²) in [7, 11) is 0. The predicted molar refractivity (Wildman–Crippen MR) is 132 cm³/mol. The summed E-state index contributed by atoms with van der Waals surface area (Å²) in [6.45, 7) is -1.43. The van der Waals surface area contributed by atoms with Crippen LogP contribution in [0.25, 0.3) is 16.9 Å². The number of imidazole rings is 1. The number of halogens is 2. The molecule has 0 saturated carbocycles. The Labute approximate surface area is 216 Å². The van der Waals surface area contributed by atoms with Gasteiger partial charge >= 0.3 is 12.6 Å². The minimum Gasteiger partial charge on any atom is -0.481 e. The quantitative estimate of drug-likeness (QED) is 0.394. The minimum absolute atomic E-state index is 0.0565. The van der Waals surface area contributed by atoms with E-state index in [0.717, 1.165) is 17.0 Å². The molecular weight excluding hydrogens is 496 g/mol. The lowest BCUT2D eigenvalue weighted by Crippen LogP contribution is -2.39. The van der Waals surface area contributed by atoms with Crippen LogP contribution >= 0.6 is 0 Å². The van der Waals surface area contributed by atoms with Gasteiger partial charge in [0.2, 0.25) is 0 Å². The van der Waals surface area contributed by atoms with Gasteiger partial charge in [-0.3, -0.25) is 4.79 Å². The van der Waals surface area contributed by atoms with Crippen LogP contribution in [-0.2, 0) is 16.0 Å². The van der Waals surface area contributed by atoms with E-state index in [1.54, 1.807) is 30.5 Å². The van der Waals surface area contributed by atoms with E-state index >= 15 is 0 Å². The molecule has 0 radical (unpaired) electrons. The van der Waals surface area contributed by atoms with Crippen molar-refractivity contribution >= 4 is 11.6 Å². The molecule has 1 fully saturated rings. The van der Waals surface area contributed by atoms with E-state index in [2.05, 4.69) is 10.3 Å². The molecule has 2 aliphatic heterocycles. The molecule has 38 heavy (non-hydrogen) atoms. The third-order valence-corrected chi connectivity index (χ3v) is 7.12. The smallest absolute Gasteiger partial charge is 0.387 e. The number of pyridine rings is 1. The molecular formula is C27H25F2N5O4. The van der Waals surface area contributed by atoms with Crippen LogP contribution in [-0.4, -0.2) is 56.7 Å². The van der Waals surface area contributed by atoms with Crippen molar-refractivity contribution in [1.82, 2.24) is 24.7 Å². The number of carboxylic acid groups (broad SMARTS) is 1. The Kier molecular flexibility index (Phi) is 6.46. The molecule has 1 saturated heterocycles. The fourth-order valence-electron chi connectivity index (χ4n) is 5.35. The second-order valence-corrected chi connectivity index (χ2v) is 9.35. The Morgan fingerprint density at radius 2 is 2.05 bits per heavy atom. The highest BCUT2D eigenvalue weighted by molar-refractivity contribution is 5.71. The molecule has 1 aromatic carbocycles. The van der Waals surface area contributed by atoms with E-state index in [-0.39, 0.29) is 11.7 Å². The minimum atomic E-state index is -2.96. The van der Waals surface area contributed by atoms with Crippen LogP contribution < -0.4 is 10.1 Å². The highest BCUT2D eigenvalue weighted by atomic mass is 19.3. The molecule has 0 amide bonds. The van der Waals surface area contributed by atoms with Gasteiger partial charge in [-0.2, -0.15) is 8.78 Å². The molecule has 3 atom stereocenters. The van der Waals surface area contributed by atoms with Crippen molar-refractivity contribution in [2.75, 3.05) is 19.7 Å². The second kappa shape index (κ2) is 10.1. The Morgan fingerprint density at radius 1 is 1.18 bits per heavy atom. The largest absolute Gasteiger partial charge is 0.481 e. The van der Waals surface area contributed by atoms with Gasteiger partial charge in [0.25, 0.3) is 0 Å². The third kappa shape index (κ3) is 4.48. The van der Waals surface area contributed by atoms with Crippen molar-refractivity contribution in [2.45, 2.75) is 31.5 Å². The standard InChI is InChI=1S/C27H25F2N5O4/c28-27(29)38-21-4-2-1-3-17(21)24-23-20(9-12-37-24)32-22-6-5-15(14-34(22)23)19-8-11-31-25(33-19)18-13-30-10-7-16(18)26(35)36/h1-6,8,11,14,16,18,24,27,30H,7,9-10,12-13H2,(H,35,36). The maximum Gasteiger partial charge on any atom is 0.387 e. The molecule has 0 aliphatic carbocycles. The number of nitrogens with one attached hydrogen (secondary N) is 1. The maximum absolute atomic E-state index is 13.1. The van der Waals surface area contributed by atoms with Gasteiger partial charge in [-0.05, 0) is 37.2 Å². The van der Waals surface area contributed by atoms with Crippen LogP contribution in [0.3, 0.4) is 0 Å². The van der Waals surface area contributed by atoms with Crippen molar-refractivity contribution in [3.05, 3.63) is 77.6 Å². The van der Waals surface area contributed by atoms with Gasteiger partial charge in [0.05, 0.1) is 29.6 Å². The molecule has 4 aromatic rings. The molecule has 3 unspecified atom stereocenters. The van der Waals surface area contributed by atoms with Gasteiger partial charge < -0.3 is 24.3 Å². The number of aromatic nitrogens is 4. The summed E-state index contributed by atoms with van der Waals surface area (Å²) in [5.74, 6) is -1.20. The Balaban J connectivity index is 1.41. The van der Waals surface area contributed by atoms with Gasteiger partial charge in [0, 0.05) is 42.4 Å². The molecule has 5 heterocycles. The molecule has 2 aliphatic rings. The summed E-state index contributed by atoms with van der Waals surface area (Å²) < 4.78 is 39.0. The number of para-hydroxylation sites is 1. The van der Waals surface area contributed by atoms with Crippen LogP contribution in [0.4, 0.5) is 8.78 Å². The Hall–Kier alpha value is -3.96. The normalized spacial score (nSPS) is 21.4. The number of aliphatic carboxylic acids is 1. The van der Waals surface area contributed by atoms with Crippen molar-refractivity contribution in [2.24, 2.45) is 5.92 Å². The van der Waals surface area contributed by atoms with Gasteiger partial charge in [0.1, 0.15) is 23.3 Å². The van der Waals surface area contributed by atoms with Crippen molar-refractivity contribution in [3.63, 3.8) is 0 Å². The lowest BCUT2D eigenvalue weighted by molar-refractivity contribution is -0.143. The zero-order valence-corrected chi connectivity index (χ0v) is 20.3. The predicted octanol–water partition coefficient (Wildman–Crippen LogP) is 3.83. The zero-order chi connectivity index (χ0) is 26.2. The summed E-state index contributed by atoms with van der Waals surface area (Å²) >= 11 is 0. The van der Waals surface area contributed by atoms with Gasteiger partial charge in [0.15, 0.2) is 0 Å². The highest BCUT2D eigenvalue weighted by Crippen LogP contribution is 2.39. The van der Waals surface area contributed by atoms with Crippen molar-refractivity contribution < 1.29 is 28.2 Å². The van der Waals surface area contributed by atoms with E-state index in [0.29, 0.717) is 55.3 Å². The number of ether oxygens (including phenoxy) is 2. The van der Waals surface area contributed by atoms with Crippen molar-refractivity contribution in [3.8, 4) is 17.0 Å². The van der Waals surface area contributed by atoms with Gasteiger partial charge in [-0.25, -0.2) is 15.0 Å². The second-order valence-electron chi connectivity index (χ2n) is 9.35. The van der Waals surface area contributed by atoms with Gasteiger partial charge in [-0.1, -0.05) is 18.2 Å². The topological polar surface area (TPSA) is 111 Å². The van der Waals surface area contributed by atoms with E-state index < -0.39 is 24.6 Å². The molecule has 6 rings (SSSR count). The number of hydrogen-bond donors (Lipinski definition) is 2. The summed E-state index contributed by atoms with van der Waals surface area (Å²) in [5, 5.41) is 12.9. The summed E-state index contributed by atoms with van der Waals surface area (Å²) in [5.41, 5.74) is 4.18. The van der Waals surface area contributed by atoms with Crippen LogP contribution in [0.2, 0.25) is 0 Å². The summed E-state index contributed by atoms with van der Waals surface area (Å²) in [6, 6.07) is 12.2. The first-order chi connectivity index (χ1) is 18.5. The fourth-order valence-corrected chi connectivity index (χ4v) is 5.35. The van der Waals surface area contributed by atoms with Crippen molar-refractivity contribution in [1.29, 1.82) is 0 Å². The molecule has 11 heteroatoms. The van der Waals surface area contributed by atoms with Crippen LogP contribution in [0.15, 0.2) is 54.9 Å². The Bertz CT molecular complexity index is 1490. The SMILES string of the molecule is O=C(O)C1CCNCC1c1nccc(-c2ccc3nc4c(n3c2)C(c2ccccc2OC(F)F)OCC4)n1. The first-order valence-corrected chi connectivity index (χ1v) is 12.4. The molecule has 0 spiro atoms. The summed E-state index contributed by atoms with van der Waals surface area (Å²) in [4.78, 5) is 25.7. The molecule has 9 nitrogen and oxygen atoms in total. The van der Waals surface area contributed by atoms with Crippen LogP contribution in [0, 0.1) is 5.92 Å². The zero-order valence-electron chi connectivity index (χ0n) is 20.3. The third-order valence-electron chi connectivity index (χ3n) is 7.12. The van der Waals surface area contributed by atoms with E-state index in [4.69, 9.17) is 19.4 Å². The maximum atomic E-state index is 13.1. The number of carbonyl (C=O) groups is 1. The number of hydrogen-bond acceptors (Lipinski definition) is 7. The number of piperidine rings is 1. The monoisotopic (exact) mass is 521 g/mol. The number of carboxylic acids is 1. The molecule has 0 bridgehead atoms. The molecule has 196 valence electrons. The Morgan fingerprint density at radius 3 is 2.89 bits per heavy atom. The number of nitrogens with zero attached hydrogens (tertiary/aromatic N) is 4. The van der Waals surface area contributed by atoms with E-state index in [1.807, 2.05) is 22.7 Å². The number of fused-ring (bicyclic) bond motifs is 3. The average Bonchev–Trinajstić information content (AvgIpc) is 3.31. The number of rotatable bonds is 6. The first-order valence-electron chi connectivity index (χ1n) is 12.4. The number of benzene rings is 1. The fraction of sp³-hybridized carbons (Fsp3) is 0.333. The lowest BCUT2D eigenvalue weighted by Gasteiger charge is -2.28. The lowest BCUT2D eigenvalue weighted by atomic mass is 9.86. The number of alkyl halides is 2. The first kappa shape index (κ1) is 24.4.